The fraction of sp³-hybridized carbons (Fsp3) is 0.545. The Hall–Kier alpha value is -0.890. The summed E-state index contributed by atoms with van der Waals surface area (Å²) in [6.45, 7) is 2.36. The fourth-order valence-electron chi connectivity index (χ4n) is 2.74. The van der Waals surface area contributed by atoms with E-state index < -0.39 is 0 Å². The number of pyridine rings is 1. The highest BCUT2D eigenvalue weighted by atomic mass is 14.9. The molecule has 0 radical (unpaired) electrons. The molecule has 1 unspecified atom stereocenters. The zero-order valence-corrected chi connectivity index (χ0v) is 7.66. The van der Waals surface area contributed by atoms with E-state index in [1.807, 2.05) is 6.20 Å². The second-order valence-electron chi connectivity index (χ2n) is 4.24. The highest BCUT2D eigenvalue weighted by molar-refractivity contribution is 5.31. The molecule has 0 spiro atoms. The van der Waals surface area contributed by atoms with Crippen molar-refractivity contribution in [2.75, 3.05) is 13.1 Å². The first-order valence-electron chi connectivity index (χ1n) is 5.07. The Bertz CT molecular complexity index is 322. The molecule has 68 valence electrons. The summed E-state index contributed by atoms with van der Waals surface area (Å²) in [5.41, 5.74) is 3.03. The average Bonchev–Trinajstić information content (AvgIpc) is 2.18. The predicted molar refractivity (Wildman–Crippen MR) is 51.7 cm³/mol. The number of piperidine rings is 1. The number of nitrogens with one attached hydrogen (secondary N) is 1. The molecule has 1 N–H and O–H groups in total. The summed E-state index contributed by atoms with van der Waals surface area (Å²) in [6.07, 6.45) is 6.59. The average molecular weight is 174 g/mol. The maximum atomic E-state index is 4.20. The Kier molecular flexibility index (Phi) is 1.62. The Balaban J connectivity index is 2.06. The van der Waals surface area contributed by atoms with Gasteiger partial charge in [-0.25, -0.2) is 0 Å². The number of fused-ring (bicyclic) bond motifs is 4. The van der Waals surface area contributed by atoms with Crippen molar-refractivity contribution in [1.29, 1.82) is 0 Å². The molecule has 2 bridgehead atoms. The van der Waals surface area contributed by atoms with Gasteiger partial charge in [-0.3, -0.25) is 4.98 Å². The van der Waals surface area contributed by atoms with Crippen molar-refractivity contribution in [1.82, 2.24) is 10.3 Å². The molecule has 3 rings (SSSR count). The summed E-state index contributed by atoms with van der Waals surface area (Å²) >= 11 is 0. The molecule has 0 aromatic carbocycles. The van der Waals surface area contributed by atoms with E-state index in [9.17, 15) is 0 Å². The Labute approximate surface area is 78.4 Å². The summed E-state index contributed by atoms with van der Waals surface area (Å²) in [7, 11) is 0. The quantitative estimate of drug-likeness (QED) is 0.642. The molecule has 2 nitrogen and oxygen atoms in total. The van der Waals surface area contributed by atoms with Gasteiger partial charge in [0.15, 0.2) is 0 Å². The van der Waals surface area contributed by atoms with E-state index >= 15 is 0 Å². The van der Waals surface area contributed by atoms with Crippen LogP contribution in [0.3, 0.4) is 0 Å². The number of aromatic nitrogens is 1. The Morgan fingerprint density at radius 2 is 2.38 bits per heavy atom. The van der Waals surface area contributed by atoms with E-state index in [0.29, 0.717) is 0 Å². The number of nitrogens with zero attached hydrogens (tertiary/aromatic N) is 1. The van der Waals surface area contributed by atoms with Gasteiger partial charge in [-0.15, -0.1) is 0 Å². The standard InChI is InChI=1S/C11H14N2/c1-2-12-6-9-3-8-4-10(11(1)9)7-13-5-8/h1-2,6,8,10,13H,3-5,7H2/t8?,10-/m0/s1. The van der Waals surface area contributed by atoms with Crippen LogP contribution in [0, 0.1) is 5.92 Å². The van der Waals surface area contributed by atoms with Crippen molar-refractivity contribution < 1.29 is 0 Å². The zero-order chi connectivity index (χ0) is 8.67. The summed E-state index contributed by atoms with van der Waals surface area (Å²) in [5, 5.41) is 3.51. The van der Waals surface area contributed by atoms with E-state index in [4.69, 9.17) is 0 Å². The molecule has 1 aliphatic heterocycles. The van der Waals surface area contributed by atoms with Crippen LogP contribution in [0.1, 0.15) is 23.5 Å². The highest BCUT2D eigenvalue weighted by Crippen LogP contribution is 2.35. The zero-order valence-electron chi connectivity index (χ0n) is 7.66. The third-order valence-corrected chi connectivity index (χ3v) is 3.33. The topological polar surface area (TPSA) is 24.9 Å². The summed E-state index contributed by atoms with van der Waals surface area (Å²) in [5.74, 6) is 1.61. The Morgan fingerprint density at radius 1 is 1.38 bits per heavy atom. The molecular formula is C11H14N2. The van der Waals surface area contributed by atoms with Crippen LogP contribution in [0.2, 0.25) is 0 Å². The lowest BCUT2D eigenvalue weighted by Gasteiger charge is -2.36. The van der Waals surface area contributed by atoms with E-state index in [1.165, 1.54) is 24.9 Å². The lowest BCUT2D eigenvalue weighted by Crippen LogP contribution is -2.39. The van der Waals surface area contributed by atoms with Crippen LogP contribution < -0.4 is 5.32 Å². The minimum atomic E-state index is 0.755. The molecule has 1 aliphatic carbocycles. The minimum absolute atomic E-state index is 0.755. The molecule has 2 aliphatic rings. The van der Waals surface area contributed by atoms with Crippen LogP contribution in [0.25, 0.3) is 0 Å². The van der Waals surface area contributed by atoms with Crippen LogP contribution in [0.15, 0.2) is 18.5 Å². The lowest BCUT2D eigenvalue weighted by atomic mass is 9.75. The lowest BCUT2D eigenvalue weighted by molar-refractivity contribution is 0.317. The molecule has 0 amide bonds. The summed E-state index contributed by atoms with van der Waals surface area (Å²) < 4.78 is 0. The van der Waals surface area contributed by atoms with Crippen molar-refractivity contribution in [2.45, 2.75) is 18.8 Å². The van der Waals surface area contributed by atoms with Crippen LogP contribution >= 0.6 is 0 Å². The normalized spacial score (nSPS) is 31.1. The largest absolute Gasteiger partial charge is 0.316 e. The molecule has 1 aromatic heterocycles. The van der Waals surface area contributed by atoms with Crippen molar-refractivity contribution >= 4 is 0 Å². The van der Waals surface area contributed by atoms with Crippen LogP contribution in [-0.4, -0.2) is 18.1 Å². The van der Waals surface area contributed by atoms with E-state index in [-0.39, 0.29) is 0 Å². The van der Waals surface area contributed by atoms with Gasteiger partial charge in [0.25, 0.3) is 0 Å². The van der Waals surface area contributed by atoms with Gasteiger partial charge in [0.1, 0.15) is 0 Å². The molecular weight excluding hydrogens is 160 g/mol. The minimum Gasteiger partial charge on any atom is -0.316 e. The SMILES string of the molecule is c1cc2c(cn1)CC1CNC[C@@H]2C1. The first kappa shape index (κ1) is 7.51. The molecule has 1 saturated heterocycles. The van der Waals surface area contributed by atoms with Gasteiger partial charge in [-0.1, -0.05) is 0 Å². The third kappa shape index (κ3) is 1.17. The van der Waals surface area contributed by atoms with Crippen LogP contribution in [0.4, 0.5) is 0 Å². The van der Waals surface area contributed by atoms with Crippen molar-refractivity contribution in [3.63, 3.8) is 0 Å². The molecule has 0 saturated carbocycles. The van der Waals surface area contributed by atoms with Gasteiger partial charge in [-0.05, 0) is 48.4 Å². The summed E-state index contributed by atoms with van der Waals surface area (Å²) in [4.78, 5) is 4.20. The Morgan fingerprint density at radius 3 is 3.38 bits per heavy atom. The monoisotopic (exact) mass is 174 g/mol. The van der Waals surface area contributed by atoms with Crippen molar-refractivity contribution in [3.8, 4) is 0 Å². The van der Waals surface area contributed by atoms with Crippen molar-refractivity contribution in [2.24, 2.45) is 5.92 Å². The van der Waals surface area contributed by atoms with Gasteiger partial charge in [0, 0.05) is 18.9 Å². The van der Waals surface area contributed by atoms with Gasteiger partial charge in [-0.2, -0.15) is 0 Å². The second kappa shape index (κ2) is 2.81. The summed E-state index contributed by atoms with van der Waals surface area (Å²) in [6, 6.07) is 2.20. The number of hydrogen-bond donors (Lipinski definition) is 1. The molecule has 13 heavy (non-hydrogen) atoms. The van der Waals surface area contributed by atoms with Gasteiger partial charge in [0.05, 0.1) is 0 Å². The molecule has 1 aromatic rings. The maximum Gasteiger partial charge on any atom is 0.0302 e. The number of rotatable bonds is 0. The molecule has 2 heterocycles. The first-order chi connectivity index (χ1) is 6.43. The van der Waals surface area contributed by atoms with E-state index in [1.54, 1.807) is 5.56 Å². The third-order valence-electron chi connectivity index (χ3n) is 3.33. The van der Waals surface area contributed by atoms with Crippen LogP contribution in [-0.2, 0) is 6.42 Å². The van der Waals surface area contributed by atoms with Crippen LogP contribution in [0.5, 0.6) is 0 Å². The van der Waals surface area contributed by atoms with E-state index in [0.717, 1.165) is 18.4 Å². The number of hydrogen-bond acceptors (Lipinski definition) is 2. The molecule has 1 fully saturated rings. The molecule has 2 heteroatoms. The second-order valence-corrected chi connectivity index (χ2v) is 4.24. The molecule has 2 atom stereocenters. The van der Waals surface area contributed by atoms with Gasteiger partial charge < -0.3 is 5.32 Å². The first-order valence-corrected chi connectivity index (χ1v) is 5.07. The van der Waals surface area contributed by atoms with Crippen molar-refractivity contribution in [3.05, 3.63) is 29.6 Å². The maximum absolute atomic E-state index is 4.20. The predicted octanol–water partition coefficient (Wildman–Crippen LogP) is 1.33. The van der Waals surface area contributed by atoms with Gasteiger partial charge in [0.2, 0.25) is 0 Å². The van der Waals surface area contributed by atoms with Gasteiger partial charge >= 0.3 is 0 Å². The smallest absolute Gasteiger partial charge is 0.0302 e. The van der Waals surface area contributed by atoms with E-state index in [2.05, 4.69) is 22.6 Å². The fourth-order valence-corrected chi connectivity index (χ4v) is 2.74. The highest BCUT2D eigenvalue weighted by Gasteiger charge is 2.29.